The van der Waals surface area contributed by atoms with Crippen LogP contribution in [0, 0.1) is 12.7 Å². The molecule has 2 rings (SSSR count). The predicted octanol–water partition coefficient (Wildman–Crippen LogP) is 4.71. The molecule has 2 nitrogen and oxygen atoms in total. The smallest absolute Gasteiger partial charge is 0.167 e. The molecule has 0 spiro atoms. The van der Waals surface area contributed by atoms with Crippen molar-refractivity contribution in [1.82, 2.24) is 0 Å². The van der Waals surface area contributed by atoms with Crippen molar-refractivity contribution in [3.8, 4) is 5.75 Å². The lowest BCUT2D eigenvalue weighted by Gasteiger charge is -2.19. The maximum Gasteiger partial charge on any atom is 0.167 e. The SMILES string of the molecule is CCC(Nc1ccc(OC)c(F)c1)c1ccc(C)cc1. The molecule has 2 aromatic carbocycles. The predicted molar refractivity (Wildman–Crippen MR) is 80.8 cm³/mol. The van der Waals surface area contributed by atoms with E-state index in [4.69, 9.17) is 4.74 Å². The van der Waals surface area contributed by atoms with E-state index in [1.165, 1.54) is 24.3 Å². The van der Waals surface area contributed by atoms with E-state index in [0.29, 0.717) is 0 Å². The van der Waals surface area contributed by atoms with Crippen LogP contribution >= 0.6 is 0 Å². The molecular formula is C17H20FNO. The largest absolute Gasteiger partial charge is 0.494 e. The molecule has 0 heterocycles. The van der Waals surface area contributed by atoms with Gasteiger partial charge in [-0.05, 0) is 31.0 Å². The lowest BCUT2D eigenvalue weighted by atomic mass is 10.0. The first-order chi connectivity index (χ1) is 9.63. The molecule has 0 saturated carbocycles. The van der Waals surface area contributed by atoms with Gasteiger partial charge < -0.3 is 10.1 Å². The first kappa shape index (κ1) is 14.4. The van der Waals surface area contributed by atoms with Crippen LogP contribution in [-0.4, -0.2) is 7.11 Å². The van der Waals surface area contributed by atoms with Gasteiger partial charge in [-0.3, -0.25) is 0 Å². The second-order valence-corrected chi connectivity index (χ2v) is 4.87. The Labute approximate surface area is 119 Å². The van der Waals surface area contributed by atoms with Crippen molar-refractivity contribution in [2.24, 2.45) is 0 Å². The minimum absolute atomic E-state index is 0.170. The van der Waals surface area contributed by atoms with Crippen molar-refractivity contribution >= 4 is 5.69 Å². The van der Waals surface area contributed by atoms with Gasteiger partial charge >= 0.3 is 0 Å². The molecule has 0 aliphatic rings. The molecule has 20 heavy (non-hydrogen) atoms. The molecule has 1 unspecified atom stereocenters. The number of anilines is 1. The summed E-state index contributed by atoms with van der Waals surface area (Å²) in [6.45, 7) is 4.18. The van der Waals surface area contributed by atoms with E-state index in [9.17, 15) is 4.39 Å². The Morgan fingerprint density at radius 1 is 1.15 bits per heavy atom. The number of hydrogen-bond donors (Lipinski definition) is 1. The standard InChI is InChI=1S/C17H20FNO/c1-4-16(13-7-5-12(2)6-8-13)19-14-9-10-17(20-3)15(18)11-14/h5-11,16,19H,4H2,1-3H3. The molecule has 1 atom stereocenters. The van der Waals surface area contributed by atoms with Gasteiger partial charge in [0.2, 0.25) is 0 Å². The van der Waals surface area contributed by atoms with Crippen molar-refractivity contribution in [2.75, 3.05) is 12.4 Å². The highest BCUT2D eigenvalue weighted by Crippen LogP contribution is 2.26. The summed E-state index contributed by atoms with van der Waals surface area (Å²) in [5, 5.41) is 3.36. The number of halogens is 1. The molecule has 0 amide bonds. The van der Waals surface area contributed by atoms with Gasteiger partial charge in [-0.15, -0.1) is 0 Å². The third-order valence-corrected chi connectivity index (χ3v) is 3.38. The fraction of sp³-hybridized carbons (Fsp3) is 0.294. The normalized spacial score (nSPS) is 12.0. The van der Waals surface area contributed by atoms with Gasteiger partial charge in [0, 0.05) is 11.8 Å². The monoisotopic (exact) mass is 273 g/mol. The molecule has 106 valence electrons. The van der Waals surface area contributed by atoms with E-state index >= 15 is 0 Å². The highest BCUT2D eigenvalue weighted by atomic mass is 19.1. The Morgan fingerprint density at radius 3 is 2.40 bits per heavy atom. The number of benzene rings is 2. The molecule has 0 aliphatic heterocycles. The first-order valence-electron chi connectivity index (χ1n) is 6.80. The van der Waals surface area contributed by atoms with E-state index in [0.717, 1.165) is 12.1 Å². The molecule has 0 saturated heterocycles. The zero-order valence-electron chi connectivity index (χ0n) is 12.1. The van der Waals surface area contributed by atoms with Crippen LogP contribution in [0.25, 0.3) is 0 Å². The second-order valence-electron chi connectivity index (χ2n) is 4.87. The Hall–Kier alpha value is -2.03. The number of ether oxygens (including phenoxy) is 1. The number of aryl methyl sites for hydroxylation is 1. The van der Waals surface area contributed by atoms with Crippen LogP contribution < -0.4 is 10.1 Å². The zero-order valence-corrected chi connectivity index (χ0v) is 12.1. The lowest BCUT2D eigenvalue weighted by molar-refractivity contribution is 0.386. The van der Waals surface area contributed by atoms with Gasteiger partial charge in [0.15, 0.2) is 11.6 Å². The topological polar surface area (TPSA) is 21.3 Å². The van der Waals surface area contributed by atoms with Crippen LogP contribution in [0.1, 0.15) is 30.5 Å². The van der Waals surface area contributed by atoms with E-state index in [1.807, 2.05) is 6.07 Å². The molecule has 0 aromatic heterocycles. The number of methoxy groups -OCH3 is 1. The van der Waals surface area contributed by atoms with Gasteiger partial charge in [-0.1, -0.05) is 36.8 Å². The van der Waals surface area contributed by atoms with Crippen molar-refractivity contribution in [3.63, 3.8) is 0 Å². The van der Waals surface area contributed by atoms with Crippen LogP contribution in [0.15, 0.2) is 42.5 Å². The van der Waals surface area contributed by atoms with E-state index in [1.54, 1.807) is 6.07 Å². The Morgan fingerprint density at radius 2 is 1.85 bits per heavy atom. The van der Waals surface area contributed by atoms with Gasteiger partial charge in [0.05, 0.1) is 13.2 Å². The maximum absolute atomic E-state index is 13.7. The number of rotatable bonds is 5. The zero-order chi connectivity index (χ0) is 14.5. The summed E-state index contributed by atoms with van der Waals surface area (Å²) in [6.07, 6.45) is 0.927. The van der Waals surface area contributed by atoms with Crippen molar-refractivity contribution in [2.45, 2.75) is 26.3 Å². The highest BCUT2D eigenvalue weighted by Gasteiger charge is 2.10. The van der Waals surface area contributed by atoms with Gasteiger partial charge in [0.25, 0.3) is 0 Å². The first-order valence-corrected chi connectivity index (χ1v) is 6.80. The van der Waals surface area contributed by atoms with E-state index < -0.39 is 0 Å². The molecule has 1 N–H and O–H groups in total. The molecule has 0 radical (unpaired) electrons. The van der Waals surface area contributed by atoms with E-state index in [-0.39, 0.29) is 17.6 Å². The summed E-state index contributed by atoms with van der Waals surface area (Å²) in [6, 6.07) is 13.5. The lowest BCUT2D eigenvalue weighted by Crippen LogP contribution is -2.09. The molecule has 2 aromatic rings. The Bertz CT molecular complexity index is 566. The molecule has 3 heteroatoms. The molecule has 0 bridgehead atoms. The van der Waals surface area contributed by atoms with Crippen molar-refractivity contribution < 1.29 is 9.13 Å². The summed E-state index contributed by atoms with van der Waals surface area (Å²) < 4.78 is 18.6. The summed E-state index contributed by atoms with van der Waals surface area (Å²) >= 11 is 0. The molecule has 0 aliphatic carbocycles. The fourth-order valence-electron chi connectivity index (χ4n) is 2.18. The minimum atomic E-state index is -0.351. The summed E-state index contributed by atoms with van der Waals surface area (Å²) in [5.74, 6) is -0.0878. The third kappa shape index (κ3) is 3.29. The number of nitrogens with one attached hydrogen (secondary N) is 1. The van der Waals surface area contributed by atoms with Crippen LogP contribution in [0.2, 0.25) is 0 Å². The van der Waals surface area contributed by atoms with Gasteiger partial charge in [-0.2, -0.15) is 0 Å². The maximum atomic E-state index is 13.7. The summed E-state index contributed by atoms with van der Waals surface area (Å²) in [5.41, 5.74) is 3.20. The summed E-state index contributed by atoms with van der Waals surface area (Å²) in [7, 11) is 1.46. The van der Waals surface area contributed by atoms with Gasteiger partial charge in [0.1, 0.15) is 0 Å². The van der Waals surface area contributed by atoms with Crippen LogP contribution in [0.5, 0.6) is 5.75 Å². The molecule has 0 fully saturated rings. The minimum Gasteiger partial charge on any atom is -0.494 e. The average Bonchev–Trinajstić information content (AvgIpc) is 2.46. The second kappa shape index (κ2) is 6.42. The average molecular weight is 273 g/mol. The third-order valence-electron chi connectivity index (χ3n) is 3.38. The highest BCUT2D eigenvalue weighted by molar-refractivity contribution is 5.49. The Balaban J connectivity index is 2.17. The van der Waals surface area contributed by atoms with Crippen LogP contribution in [0.3, 0.4) is 0 Å². The van der Waals surface area contributed by atoms with Crippen LogP contribution in [0.4, 0.5) is 10.1 Å². The number of hydrogen-bond acceptors (Lipinski definition) is 2. The molecular weight excluding hydrogens is 253 g/mol. The van der Waals surface area contributed by atoms with E-state index in [2.05, 4.69) is 43.4 Å². The summed E-state index contributed by atoms with van der Waals surface area (Å²) in [4.78, 5) is 0. The van der Waals surface area contributed by atoms with Crippen molar-refractivity contribution in [3.05, 3.63) is 59.4 Å². The van der Waals surface area contributed by atoms with Gasteiger partial charge in [-0.25, -0.2) is 4.39 Å². The van der Waals surface area contributed by atoms with Crippen LogP contribution in [-0.2, 0) is 0 Å². The Kier molecular flexibility index (Phi) is 4.61. The fourth-order valence-corrected chi connectivity index (χ4v) is 2.18. The quantitative estimate of drug-likeness (QED) is 0.852. The van der Waals surface area contributed by atoms with Crippen molar-refractivity contribution in [1.29, 1.82) is 0 Å².